The number of fused-ring (bicyclic) bond motifs is 1. The lowest BCUT2D eigenvalue weighted by atomic mass is 9.80. The van der Waals surface area contributed by atoms with E-state index in [9.17, 15) is 23.2 Å². The van der Waals surface area contributed by atoms with Crippen LogP contribution in [0.2, 0.25) is 0 Å². The van der Waals surface area contributed by atoms with Crippen LogP contribution < -0.4 is 4.74 Å². The summed E-state index contributed by atoms with van der Waals surface area (Å²) in [5.74, 6) is -6.09. The van der Waals surface area contributed by atoms with Crippen molar-refractivity contribution in [3.05, 3.63) is 101 Å². The maximum absolute atomic E-state index is 15.1. The minimum Gasteiger partial charge on any atom is -0.481 e. The van der Waals surface area contributed by atoms with Gasteiger partial charge in [0.15, 0.2) is 11.6 Å². The Hall–Kier alpha value is -5.11. The smallest absolute Gasteiger partial charge is 0.303 e. The molecule has 0 fully saturated rings. The topological polar surface area (TPSA) is 115 Å². The van der Waals surface area contributed by atoms with Crippen LogP contribution in [0.1, 0.15) is 39.8 Å². The number of aromatic amines is 2. The number of carboxylic acid groups (broad SMARTS) is 1. The molecule has 7 nitrogen and oxygen atoms in total. The number of carboxylic acids is 1. The molecule has 11 heteroatoms. The van der Waals surface area contributed by atoms with Gasteiger partial charge in [-0.25, -0.2) is 18.2 Å². The number of carbonyl (C=O) groups is 1. The lowest BCUT2D eigenvalue weighted by molar-refractivity contribution is -0.136. The number of rotatable bonds is 8. The van der Waals surface area contributed by atoms with Gasteiger partial charge in [-0.1, -0.05) is 6.07 Å². The molecule has 0 spiro atoms. The van der Waals surface area contributed by atoms with Crippen molar-refractivity contribution in [2.45, 2.75) is 32.0 Å². The number of aryl methyl sites for hydroxylation is 2. The maximum atomic E-state index is 15.1. The number of nitriles is 1. The van der Waals surface area contributed by atoms with Crippen molar-refractivity contribution in [3.63, 3.8) is 0 Å². The molecule has 3 N–H and O–H groups in total. The molecule has 0 saturated heterocycles. The fraction of sp³-hybridized carbons (Fsp3) is 0.167. The third kappa shape index (κ3) is 5.00. The molecule has 1 unspecified atom stereocenters. The molecule has 0 radical (unpaired) electrons. The van der Waals surface area contributed by atoms with Gasteiger partial charge < -0.3 is 19.8 Å². The van der Waals surface area contributed by atoms with Crippen LogP contribution in [0.4, 0.5) is 17.6 Å². The van der Waals surface area contributed by atoms with Crippen molar-refractivity contribution in [2.75, 3.05) is 0 Å². The Morgan fingerprint density at radius 1 is 1.17 bits per heavy atom. The second kappa shape index (κ2) is 10.5. The van der Waals surface area contributed by atoms with E-state index >= 15 is 4.39 Å². The summed E-state index contributed by atoms with van der Waals surface area (Å²) in [6.45, 7) is -1.59. The summed E-state index contributed by atoms with van der Waals surface area (Å²) in [6.07, 6.45) is 1.95. The summed E-state index contributed by atoms with van der Waals surface area (Å²) in [5, 5.41) is 19.6. The van der Waals surface area contributed by atoms with E-state index in [1.807, 2.05) is 0 Å². The predicted octanol–water partition coefficient (Wildman–Crippen LogP) is 7.06. The average molecular weight is 566 g/mol. The quantitative estimate of drug-likeness (QED) is 0.174. The lowest BCUT2D eigenvalue weighted by Crippen LogP contribution is -2.22. The van der Waals surface area contributed by atoms with Crippen LogP contribution in [0.25, 0.3) is 22.3 Å². The fourth-order valence-electron chi connectivity index (χ4n) is 4.54. The second-order valence-corrected chi connectivity index (χ2v) is 9.34. The molecule has 2 heterocycles. The number of aromatic nitrogens is 3. The van der Waals surface area contributed by atoms with Gasteiger partial charge >= 0.3 is 5.97 Å². The predicted molar refractivity (Wildman–Crippen MR) is 141 cm³/mol. The standard InChI is InChI=1S/C30H22F4N4O3/c1-15-20-7-8-36-27(20)25(33)26(34)28(15)41-19-4-5-22(32)21(12-19)29-37-13-23(38-29)30(2,14-35)17-9-16(3-6-24(39)40)10-18(31)11-17/h4-5,7-13,36H,3,6H2,1-2H3,(H,37,38)(H,39,40)/i2D3. The van der Waals surface area contributed by atoms with E-state index in [-0.39, 0.29) is 57.9 Å². The van der Waals surface area contributed by atoms with Gasteiger partial charge in [-0.3, -0.25) is 4.79 Å². The van der Waals surface area contributed by atoms with E-state index in [2.05, 4.69) is 15.0 Å². The summed E-state index contributed by atoms with van der Waals surface area (Å²) in [4.78, 5) is 20.4. The molecule has 3 aromatic carbocycles. The second-order valence-electron chi connectivity index (χ2n) is 9.34. The number of nitrogens with one attached hydrogen (secondary N) is 2. The summed E-state index contributed by atoms with van der Waals surface area (Å²) in [7, 11) is 0. The summed E-state index contributed by atoms with van der Waals surface area (Å²) in [6, 6.07) is 9.70. The van der Waals surface area contributed by atoms with E-state index in [0.717, 1.165) is 30.5 Å². The van der Waals surface area contributed by atoms with Crippen LogP contribution >= 0.6 is 0 Å². The first kappa shape index (κ1) is 23.7. The average Bonchev–Trinajstić information content (AvgIpc) is 3.65. The van der Waals surface area contributed by atoms with Crippen molar-refractivity contribution in [2.24, 2.45) is 0 Å². The Balaban J connectivity index is 1.58. The highest BCUT2D eigenvalue weighted by Gasteiger charge is 2.32. The molecule has 208 valence electrons. The monoisotopic (exact) mass is 565 g/mol. The molecular formula is C30H22F4N4O3. The number of imidazole rings is 1. The molecule has 0 aliphatic heterocycles. The normalized spacial score (nSPS) is 14.1. The highest BCUT2D eigenvalue weighted by Crippen LogP contribution is 2.38. The number of ether oxygens (including phenoxy) is 1. The zero-order chi connectivity index (χ0) is 32.0. The van der Waals surface area contributed by atoms with Gasteiger partial charge in [0.1, 0.15) is 28.6 Å². The number of hydrogen-bond acceptors (Lipinski definition) is 4. The first-order valence-electron chi connectivity index (χ1n) is 13.7. The van der Waals surface area contributed by atoms with E-state index in [4.69, 9.17) is 14.0 Å². The first-order chi connectivity index (χ1) is 20.8. The van der Waals surface area contributed by atoms with Crippen molar-refractivity contribution in [1.29, 1.82) is 5.26 Å². The molecule has 0 bridgehead atoms. The molecule has 0 aliphatic carbocycles. The molecule has 0 saturated carbocycles. The van der Waals surface area contributed by atoms with E-state index in [1.165, 1.54) is 25.3 Å². The molecule has 0 amide bonds. The van der Waals surface area contributed by atoms with E-state index < -0.39 is 47.3 Å². The maximum Gasteiger partial charge on any atom is 0.303 e. The van der Waals surface area contributed by atoms with Gasteiger partial charge in [0, 0.05) is 27.7 Å². The van der Waals surface area contributed by atoms with Crippen LogP contribution in [0.5, 0.6) is 11.5 Å². The Morgan fingerprint density at radius 3 is 2.71 bits per heavy atom. The van der Waals surface area contributed by atoms with Gasteiger partial charge in [0.25, 0.3) is 0 Å². The summed E-state index contributed by atoms with van der Waals surface area (Å²) >= 11 is 0. The third-order valence-corrected chi connectivity index (χ3v) is 6.68. The van der Waals surface area contributed by atoms with E-state index in [0.29, 0.717) is 5.39 Å². The highest BCUT2D eigenvalue weighted by atomic mass is 19.2. The van der Waals surface area contributed by atoms with Crippen LogP contribution in [0.15, 0.2) is 54.9 Å². The third-order valence-electron chi connectivity index (χ3n) is 6.68. The van der Waals surface area contributed by atoms with Gasteiger partial charge in [0.2, 0.25) is 5.82 Å². The molecule has 0 aliphatic rings. The molecule has 5 rings (SSSR count). The number of nitrogens with zero attached hydrogens (tertiary/aromatic N) is 2. The summed E-state index contributed by atoms with van der Waals surface area (Å²) < 4.78 is 89.5. The van der Waals surface area contributed by atoms with Crippen molar-refractivity contribution >= 4 is 16.9 Å². The van der Waals surface area contributed by atoms with E-state index in [1.54, 1.807) is 12.1 Å². The Bertz CT molecular complexity index is 1970. The number of H-pyrrole nitrogens is 2. The van der Waals surface area contributed by atoms with Crippen LogP contribution in [0.3, 0.4) is 0 Å². The van der Waals surface area contributed by atoms with Crippen LogP contribution in [0, 0.1) is 41.5 Å². The molecule has 41 heavy (non-hydrogen) atoms. The van der Waals surface area contributed by atoms with Gasteiger partial charge in [-0.15, -0.1) is 0 Å². The number of benzene rings is 3. The van der Waals surface area contributed by atoms with Gasteiger partial charge in [-0.05, 0) is 67.7 Å². The number of aliphatic carboxylic acids is 1. The summed E-state index contributed by atoms with van der Waals surface area (Å²) in [5.41, 5.74) is -3.00. The van der Waals surface area contributed by atoms with Crippen molar-refractivity contribution in [3.8, 4) is 29.0 Å². The zero-order valence-electron chi connectivity index (χ0n) is 24.3. The van der Waals surface area contributed by atoms with Crippen molar-refractivity contribution in [1.82, 2.24) is 15.0 Å². The van der Waals surface area contributed by atoms with Gasteiger partial charge in [-0.2, -0.15) is 9.65 Å². The zero-order valence-corrected chi connectivity index (χ0v) is 21.3. The number of halogens is 4. The number of hydrogen-bond donors (Lipinski definition) is 3. The first-order valence-corrected chi connectivity index (χ1v) is 12.2. The minimum atomic E-state index is -3.11. The Labute approximate surface area is 235 Å². The Morgan fingerprint density at radius 2 is 1.98 bits per heavy atom. The van der Waals surface area contributed by atoms with Crippen molar-refractivity contribution < 1.29 is 36.3 Å². The molecular weight excluding hydrogens is 540 g/mol. The Kier molecular flexibility index (Phi) is 6.06. The lowest BCUT2D eigenvalue weighted by Gasteiger charge is -2.21. The van der Waals surface area contributed by atoms with Crippen LogP contribution in [-0.4, -0.2) is 26.0 Å². The highest BCUT2D eigenvalue weighted by molar-refractivity contribution is 5.86. The molecule has 5 aromatic rings. The largest absolute Gasteiger partial charge is 0.481 e. The van der Waals surface area contributed by atoms with Gasteiger partial charge in [0.05, 0.1) is 29.0 Å². The van der Waals surface area contributed by atoms with Crippen LogP contribution in [-0.2, 0) is 16.6 Å². The minimum absolute atomic E-state index is 0.0437. The molecule has 2 aromatic heterocycles. The molecule has 1 atom stereocenters. The SMILES string of the molecule is [2H]C([2H])([2H])C(C#N)(c1cc(F)cc(CCC(=O)O)c1)c1cnc(-c2cc(Oc3c(F)c(F)c4[nH]ccc4c3C)ccc2F)[nH]1. The fourth-order valence-corrected chi connectivity index (χ4v) is 4.54.